The molecular weight excluding hydrogens is 190 g/mol. The molecule has 0 bridgehead atoms. The highest BCUT2D eigenvalue weighted by Crippen LogP contribution is 2.35. The van der Waals surface area contributed by atoms with Gasteiger partial charge in [-0.25, -0.2) is 0 Å². The van der Waals surface area contributed by atoms with Crippen LogP contribution in [0.3, 0.4) is 0 Å². The third-order valence-electron chi connectivity index (χ3n) is 3.21. The number of nitriles is 1. The zero-order chi connectivity index (χ0) is 11.1. The molecule has 0 aromatic carbocycles. The predicted molar refractivity (Wildman–Crippen MR) is 57.8 cm³/mol. The largest absolute Gasteiger partial charge is 0.355 e. The molecule has 1 fully saturated rings. The van der Waals surface area contributed by atoms with Crippen LogP contribution in [-0.2, 0) is 4.79 Å². The van der Waals surface area contributed by atoms with Gasteiger partial charge < -0.3 is 11.1 Å². The van der Waals surface area contributed by atoms with E-state index in [9.17, 15) is 4.79 Å². The van der Waals surface area contributed by atoms with E-state index in [1.165, 1.54) is 6.42 Å². The van der Waals surface area contributed by atoms with E-state index in [4.69, 9.17) is 11.0 Å². The minimum Gasteiger partial charge on any atom is -0.355 e. The van der Waals surface area contributed by atoms with Crippen LogP contribution in [0.1, 0.15) is 38.5 Å². The van der Waals surface area contributed by atoms with Crippen molar-refractivity contribution in [2.24, 2.45) is 11.1 Å². The lowest BCUT2D eigenvalue weighted by Crippen LogP contribution is -2.47. The average molecular weight is 209 g/mol. The number of hydrogen-bond donors (Lipinski definition) is 2. The first-order valence-electron chi connectivity index (χ1n) is 5.60. The summed E-state index contributed by atoms with van der Waals surface area (Å²) in [7, 11) is 0. The Labute approximate surface area is 90.8 Å². The summed E-state index contributed by atoms with van der Waals surface area (Å²) in [6, 6.07) is 2.01. The number of amides is 1. The number of carbonyl (C=O) groups excluding carboxylic acids is 1. The van der Waals surface area contributed by atoms with Crippen molar-refractivity contribution in [1.82, 2.24) is 5.32 Å². The quantitative estimate of drug-likeness (QED) is 0.676. The van der Waals surface area contributed by atoms with Crippen LogP contribution in [0.25, 0.3) is 0 Å². The Bertz CT molecular complexity index is 251. The fourth-order valence-electron chi connectivity index (χ4n) is 2.17. The van der Waals surface area contributed by atoms with Crippen molar-refractivity contribution >= 4 is 5.91 Å². The van der Waals surface area contributed by atoms with Crippen molar-refractivity contribution in [3.05, 3.63) is 0 Å². The molecule has 1 saturated carbocycles. The molecule has 0 spiro atoms. The van der Waals surface area contributed by atoms with Gasteiger partial charge in [-0.3, -0.25) is 4.79 Å². The highest BCUT2D eigenvalue weighted by molar-refractivity contribution is 5.83. The topological polar surface area (TPSA) is 78.9 Å². The molecule has 0 atom stereocenters. The summed E-state index contributed by atoms with van der Waals surface area (Å²) < 4.78 is 0. The maximum absolute atomic E-state index is 11.9. The Hall–Kier alpha value is -1.08. The van der Waals surface area contributed by atoms with E-state index >= 15 is 0 Å². The summed E-state index contributed by atoms with van der Waals surface area (Å²) in [6.45, 7) is 0.864. The van der Waals surface area contributed by atoms with Crippen LogP contribution in [0.4, 0.5) is 0 Å². The van der Waals surface area contributed by atoms with Crippen LogP contribution in [0, 0.1) is 16.7 Å². The lowest BCUT2D eigenvalue weighted by molar-refractivity contribution is -0.132. The van der Waals surface area contributed by atoms with Crippen LogP contribution in [0.5, 0.6) is 0 Å². The van der Waals surface area contributed by atoms with Crippen LogP contribution in [0.2, 0.25) is 0 Å². The standard InChI is InChI=1S/C11H19N3O/c12-7-4-8-14-10(15)11(9-13)5-2-1-3-6-11/h1-6,8-9,13H2,(H,14,15). The summed E-state index contributed by atoms with van der Waals surface area (Å²) in [5, 5.41) is 11.2. The first-order chi connectivity index (χ1) is 7.25. The van der Waals surface area contributed by atoms with Crippen molar-refractivity contribution in [3.63, 3.8) is 0 Å². The summed E-state index contributed by atoms with van der Waals surface area (Å²) >= 11 is 0. The summed E-state index contributed by atoms with van der Waals surface area (Å²) in [6.07, 6.45) is 5.52. The van der Waals surface area contributed by atoms with Crippen molar-refractivity contribution in [2.45, 2.75) is 38.5 Å². The molecule has 1 aliphatic carbocycles. The van der Waals surface area contributed by atoms with Gasteiger partial charge in [-0.2, -0.15) is 5.26 Å². The van der Waals surface area contributed by atoms with Crippen molar-refractivity contribution < 1.29 is 4.79 Å². The molecule has 0 radical (unpaired) electrons. The SMILES string of the molecule is N#CCCNC(=O)C1(CN)CCCCC1. The highest BCUT2D eigenvalue weighted by atomic mass is 16.2. The van der Waals surface area contributed by atoms with Crippen molar-refractivity contribution in [2.75, 3.05) is 13.1 Å². The van der Waals surface area contributed by atoms with Crippen LogP contribution >= 0.6 is 0 Å². The number of nitrogens with zero attached hydrogens (tertiary/aromatic N) is 1. The second-order valence-electron chi connectivity index (χ2n) is 4.21. The van der Waals surface area contributed by atoms with E-state index in [2.05, 4.69) is 5.32 Å². The molecule has 0 heterocycles. The van der Waals surface area contributed by atoms with Gasteiger partial charge >= 0.3 is 0 Å². The van der Waals surface area contributed by atoms with Gasteiger partial charge in [0.15, 0.2) is 0 Å². The molecular formula is C11H19N3O. The molecule has 0 unspecified atom stereocenters. The number of rotatable bonds is 4. The van der Waals surface area contributed by atoms with Gasteiger partial charge in [0.2, 0.25) is 5.91 Å². The second kappa shape index (κ2) is 5.72. The molecule has 0 saturated heterocycles. The van der Waals surface area contributed by atoms with E-state index in [1.807, 2.05) is 6.07 Å². The third kappa shape index (κ3) is 2.93. The third-order valence-corrected chi connectivity index (χ3v) is 3.21. The predicted octanol–water partition coefficient (Wildman–Crippen LogP) is 0.925. The Morgan fingerprint density at radius 3 is 2.60 bits per heavy atom. The normalized spacial score (nSPS) is 19.2. The van der Waals surface area contributed by atoms with Crippen molar-refractivity contribution in [3.8, 4) is 6.07 Å². The average Bonchev–Trinajstić information content (AvgIpc) is 2.30. The zero-order valence-electron chi connectivity index (χ0n) is 9.09. The summed E-state index contributed by atoms with van der Waals surface area (Å²) in [4.78, 5) is 11.9. The number of carbonyl (C=O) groups is 1. The molecule has 3 N–H and O–H groups in total. The molecule has 1 amide bonds. The lowest BCUT2D eigenvalue weighted by atomic mass is 9.73. The van der Waals surface area contributed by atoms with Crippen LogP contribution < -0.4 is 11.1 Å². The summed E-state index contributed by atoms with van der Waals surface area (Å²) in [5.41, 5.74) is 5.36. The first kappa shape index (κ1) is 12.0. The molecule has 0 aromatic heterocycles. The Balaban J connectivity index is 2.49. The monoisotopic (exact) mass is 209 g/mol. The van der Waals surface area contributed by atoms with Gasteiger partial charge in [-0.15, -0.1) is 0 Å². The fourth-order valence-corrected chi connectivity index (χ4v) is 2.17. The van der Waals surface area contributed by atoms with E-state index in [1.54, 1.807) is 0 Å². The van der Waals surface area contributed by atoms with Crippen LogP contribution in [-0.4, -0.2) is 19.0 Å². The fraction of sp³-hybridized carbons (Fsp3) is 0.818. The number of nitrogens with one attached hydrogen (secondary N) is 1. The molecule has 84 valence electrons. The Kier molecular flexibility index (Phi) is 4.57. The minimum atomic E-state index is -0.353. The maximum atomic E-state index is 11.9. The Morgan fingerprint density at radius 2 is 2.07 bits per heavy atom. The van der Waals surface area contributed by atoms with Gasteiger partial charge in [0.1, 0.15) is 0 Å². The van der Waals surface area contributed by atoms with E-state index in [0.29, 0.717) is 19.5 Å². The van der Waals surface area contributed by atoms with Gasteiger partial charge in [0.05, 0.1) is 17.9 Å². The second-order valence-corrected chi connectivity index (χ2v) is 4.21. The molecule has 0 aromatic rings. The highest BCUT2D eigenvalue weighted by Gasteiger charge is 2.37. The van der Waals surface area contributed by atoms with Crippen LogP contribution in [0.15, 0.2) is 0 Å². The lowest BCUT2D eigenvalue weighted by Gasteiger charge is -2.34. The molecule has 4 heteroatoms. The smallest absolute Gasteiger partial charge is 0.227 e. The minimum absolute atomic E-state index is 0.0416. The molecule has 1 rings (SSSR count). The first-order valence-corrected chi connectivity index (χ1v) is 5.60. The van der Waals surface area contributed by atoms with Gasteiger partial charge in [0, 0.05) is 13.1 Å². The molecule has 1 aliphatic rings. The van der Waals surface area contributed by atoms with E-state index in [0.717, 1.165) is 25.7 Å². The van der Waals surface area contributed by atoms with Gasteiger partial charge in [-0.05, 0) is 12.8 Å². The Morgan fingerprint density at radius 1 is 1.40 bits per heavy atom. The van der Waals surface area contributed by atoms with Gasteiger partial charge in [-0.1, -0.05) is 19.3 Å². The molecule has 0 aliphatic heterocycles. The number of hydrogen-bond acceptors (Lipinski definition) is 3. The van der Waals surface area contributed by atoms with Crippen molar-refractivity contribution in [1.29, 1.82) is 5.26 Å². The zero-order valence-corrected chi connectivity index (χ0v) is 9.09. The van der Waals surface area contributed by atoms with E-state index < -0.39 is 0 Å². The maximum Gasteiger partial charge on any atom is 0.227 e. The molecule has 15 heavy (non-hydrogen) atoms. The van der Waals surface area contributed by atoms with E-state index in [-0.39, 0.29) is 11.3 Å². The summed E-state index contributed by atoms with van der Waals surface area (Å²) in [5.74, 6) is 0.0416. The molecule has 4 nitrogen and oxygen atoms in total. The van der Waals surface area contributed by atoms with Gasteiger partial charge in [0.25, 0.3) is 0 Å². The number of nitrogens with two attached hydrogens (primary N) is 1.